The fraction of sp³-hybridized carbons (Fsp3) is 0.167. The van der Waals surface area contributed by atoms with Crippen LogP contribution < -0.4 is 21.5 Å². The zero-order valence-electron chi connectivity index (χ0n) is 28.7. The number of anilines is 3. The number of hydrogen-bond donors (Lipinski definition) is 6. The van der Waals surface area contributed by atoms with E-state index in [0.717, 1.165) is 6.07 Å². The molecule has 0 saturated heterocycles. The Hall–Kier alpha value is -6.28. The number of hydrogen-bond acceptors (Lipinski definition) is 11. The number of carbonyl (C=O) groups excluding carboxylic acids is 3. The van der Waals surface area contributed by atoms with Gasteiger partial charge in [0, 0.05) is 54.5 Å². The molecular weight excluding hydrogens is 759 g/mol. The smallest absolute Gasteiger partial charge is 0.319 e. The summed E-state index contributed by atoms with van der Waals surface area (Å²) in [6.07, 6.45) is 3.86. The highest BCUT2D eigenvalue weighted by molar-refractivity contribution is 7.86. The number of nitrogens with one attached hydrogen (secondary N) is 3. The molecule has 0 saturated carbocycles. The molecule has 1 aliphatic rings. The van der Waals surface area contributed by atoms with Crippen molar-refractivity contribution in [2.45, 2.75) is 35.5 Å². The third-order valence-electron chi connectivity index (χ3n) is 8.91. The van der Waals surface area contributed by atoms with Gasteiger partial charge in [-0.3, -0.25) is 33.3 Å². The maximum absolute atomic E-state index is 14.3. The molecule has 0 fully saturated rings. The van der Waals surface area contributed by atoms with Crippen molar-refractivity contribution in [2.75, 3.05) is 17.2 Å². The number of ketones is 2. The van der Waals surface area contributed by atoms with Crippen LogP contribution in [-0.2, 0) is 32.1 Å². The van der Waals surface area contributed by atoms with Crippen LogP contribution in [0.15, 0.2) is 87.6 Å². The van der Waals surface area contributed by atoms with Crippen LogP contribution in [0.1, 0.15) is 57.5 Å². The second-order valence-corrected chi connectivity index (χ2v) is 15.2. The molecule has 19 heteroatoms. The monoisotopic (exact) mass is 789 g/mol. The molecule has 0 spiro atoms. The number of nitrogens with zero attached hydrogens (tertiary/aromatic N) is 2. The van der Waals surface area contributed by atoms with Crippen LogP contribution in [0.2, 0.25) is 0 Å². The van der Waals surface area contributed by atoms with E-state index in [0.29, 0.717) is 25.3 Å². The first-order valence-electron chi connectivity index (χ1n) is 16.4. The van der Waals surface area contributed by atoms with Crippen molar-refractivity contribution in [2.24, 2.45) is 7.05 Å². The first kappa shape index (κ1) is 38.4. The predicted molar refractivity (Wildman–Crippen MR) is 198 cm³/mol. The van der Waals surface area contributed by atoms with Gasteiger partial charge in [-0.25, -0.2) is 4.79 Å². The van der Waals surface area contributed by atoms with E-state index in [1.165, 1.54) is 54.3 Å². The standard InChI is InChI=1S/C36H31N5O12S2/c1-41-25-11-10-22(30-31(25)29(20-7-4-5-8-21(20)34(30)45)32(35(41)46)33(44)19-12-15-37-16-13-19)39-23-17-24(27(55(51,52)53)18-26(23)54(48,49)50)40-36(47)38-14-6-2-3-9-28(42)43/h4-5,7-8,10-13,15-18,39H,2-3,6,9,14H2,1H3,(H,42,43)(H2,38,40,47)(H,48,49,50)(H,51,52,53). The Morgan fingerprint density at radius 2 is 1.44 bits per heavy atom. The summed E-state index contributed by atoms with van der Waals surface area (Å²) in [5, 5.41) is 16.4. The Kier molecular flexibility index (Phi) is 10.4. The van der Waals surface area contributed by atoms with E-state index in [1.54, 1.807) is 18.2 Å². The molecule has 1 aliphatic carbocycles. The molecule has 0 aliphatic heterocycles. The topological polar surface area (TPSA) is 268 Å². The van der Waals surface area contributed by atoms with Gasteiger partial charge in [0.1, 0.15) is 9.79 Å². The Labute approximate surface area is 312 Å². The van der Waals surface area contributed by atoms with Crippen molar-refractivity contribution in [3.8, 4) is 11.1 Å². The van der Waals surface area contributed by atoms with Gasteiger partial charge in [0.25, 0.3) is 25.8 Å². The van der Waals surface area contributed by atoms with Crippen molar-refractivity contribution in [1.82, 2.24) is 14.9 Å². The third-order valence-corrected chi connectivity index (χ3v) is 10.7. The van der Waals surface area contributed by atoms with E-state index in [-0.39, 0.29) is 62.9 Å². The van der Waals surface area contributed by atoms with E-state index in [1.807, 2.05) is 0 Å². The van der Waals surface area contributed by atoms with Crippen molar-refractivity contribution in [1.29, 1.82) is 0 Å². The Morgan fingerprint density at radius 3 is 2.09 bits per heavy atom. The molecule has 5 aromatic rings. The number of amides is 2. The number of carboxylic acid groups (broad SMARTS) is 1. The number of unbranched alkanes of at least 4 members (excludes halogenated alkanes) is 2. The lowest BCUT2D eigenvalue weighted by molar-refractivity contribution is -0.137. The number of urea groups is 1. The summed E-state index contributed by atoms with van der Waals surface area (Å²) in [5.74, 6) is -2.23. The molecule has 0 bridgehead atoms. The van der Waals surface area contributed by atoms with E-state index >= 15 is 0 Å². The average molecular weight is 790 g/mol. The number of aromatic nitrogens is 2. The van der Waals surface area contributed by atoms with E-state index in [9.17, 15) is 49.9 Å². The molecule has 0 radical (unpaired) electrons. The molecule has 55 heavy (non-hydrogen) atoms. The lowest BCUT2D eigenvalue weighted by atomic mass is 9.80. The summed E-state index contributed by atoms with van der Waals surface area (Å²) in [6.45, 7) is 0.0431. The largest absolute Gasteiger partial charge is 0.481 e. The maximum atomic E-state index is 14.3. The summed E-state index contributed by atoms with van der Waals surface area (Å²) >= 11 is 0. The summed E-state index contributed by atoms with van der Waals surface area (Å²) in [6, 6.07) is 12.2. The second kappa shape index (κ2) is 14.9. The van der Waals surface area contributed by atoms with Crippen LogP contribution in [0.5, 0.6) is 0 Å². The summed E-state index contributed by atoms with van der Waals surface area (Å²) in [4.78, 5) is 67.6. The number of rotatable bonds is 13. The molecule has 0 atom stereocenters. The molecule has 2 amide bonds. The maximum Gasteiger partial charge on any atom is 0.319 e. The summed E-state index contributed by atoms with van der Waals surface area (Å²) in [7, 11) is -9.11. The SMILES string of the molecule is Cn1c(=O)c(C(=O)c2ccncc2)c2c3c(c(Nc4cc(NC(=O)NCCCCCC(=O)O)c(S(=O)(=O)O)cc4S(=O)(=O)O)ccc31)C(=O)c1ccccc1-2. The average Bonchev–Trinajstić information content (AvgIpc) is 3.12. The first-order valence-corrected chi connectivity index (χ1v) is 19.3. The van der Waals surface area contributed by atoms with Crippen LogP contribution in [-0.4, -0.2) is 70.7 Å². The van der Waals surface area contributed by atoms with Gasteiger partial charge < -0.3 is 25.6 Å². The molecule has 2 aromatic heterocycles. The van der Waals surface area contributed by atoms with Gasteiger partial charge >= 0.3 is 12.0 Å². The highest BCUT2D eigenvalue weighted by atomic mass is 32.2. The van der Waals surface area contributed by atoms with Gasteiger partial charge in [-0.15, -0.1) is 0 Å². The summed E-state index contributed by atoms with van der Waals surface area (Å²) in [5.41, 5.74) is -1.40. The minimum Gasteiger partial charge on any atom is -0.481 e. The zero-order chi connectivity index (χ0) is 39.8. The minimum absolute atomic E-state index is 0.0431. The van der Waals surface area contributed by atoms with Crippen LogP contribution in [0, 0.1) is 0 Å². The number of carboxylic acids is 1. The molecule has 6 N–H and O–H groups in total. The van der Waals surface area contributed by atoms with Crippen molar-refractivity contribution >= 4 is 71.8 Å². The number of carbonyl (C=O) groups is 4. The van der Waals surface area contributed by atoms with Gasteiger partial charge in [-0.2, -0.15) is 16.8 Å². The molecular formula is C36H31N5O12S2. The van der Waals surface area contributed by atoms with Crippen LogP contribution in [0.25, 0.3) is 22.0 Å². The van der Waals surface area contributed by atoms with Crippen LogP contribution in [0.4, 0.5) is 21.9 Å². The first-order chi connectivity index (χ1) is 26.0. The second-order valence-electron chi connectivity index (χ2n) is 12.4. The predicted octanol–water partition coefficient (Wildman–Crippen LogP) is 4.38. The Bertz CT molecular complexity index is 2730. The number of fused-ring (bicyclic) bond motifs is 2. The van der Waals surface area contributed by atoms with Crippen molar-refractivity contribution in [3.05, 3.63) is 106 Å². The molecule has 0 unspecified atom stereocenters. The lowest BCUT2D eigenvalue weighted by Gasteiger charge is -2.26. The van der Waals surface area contributed by atoms with Crippen LogP contribution in [0.3, 0.4) is 0 Å². The number of aliphatic carboxylic acids is 1. The van der Waals surface area contributed by atoms with Crippen molar-refractivity contribution in [3.63, 3.8) is 0 Å². The van der Waals surface area contributed by atoms with Gasteiger partial charge in [-0.05, 0) is 54.8 Å². The molecule has 6 rings (SSSR count). The number of aryl methyl sites for hydroxylation is 1. The Balaban J connectivity index is 1.52. The fourth-order valence-corrected chi connectivity index (χ4v) is 7.79. The summed E-state index contributed by atoms with van der Waals surface area (Å²) < 4.78 is 71.6. The van der Waals surface area contributed by atoms with Gasteiger partial charge in [0.2, 0.25) is 0 Å². The molecule has 284 valence electrons. The molecule has 3 aromatic carbocycles. The van der Waals surface area contributed by atoms with E-state index < -0.39 is 70.5 Å². The van der Waals surface area contributed by atoms with E-state index in [4.69, 9.17) is 5.11 Å². The van der Waals surface area contributed by atoms with Gasteiger partial charge in [0.15, 0.2) is 11.6 Å². The highest BCUT2D eigenvalue weighted by Gasteiger charge is 2.35. The van der Waals surface area contributed by atoms with Crippen molar-refractivity contribution < 1.29 is 50.2 Å². The van der Waals surface area contributed by atoms with Crippen LogP contribution >= 0.6 is 0 Å². The van der Waals surface area contributed by atoms with E-state index in [2.05, 4.69) is 20.9 Å². The lowest BCUT2D eigenvalue weighted by Crippen LogP contribution is -2.30. The fourth-order valence-electron chi connectivity index (χ4n) is 6.41. The quantitative estimate of drug-likeness (QED) is 0.0539. The molecule has 2 heterocycles. The molecule has 17 nitrogen and oxygen atoms in total. The highest BCUT2D eigenvalue weighted by Crippen LogP contribution is 2.45. The normalized spacial score (nSPS) is 12.2. The van der Waals surface area contributed by atoms with Gasteiger partial charge in [0.05, 0.1) is 33.7 Å². The number of pyridine rings is 2. The zero-order valence-corrected chi connectivity index (χ0v) is 30.3. The Morgan fingerprint density at radius 1 is 0.782 bits per heavy atom. The number of benzene rings is 3. The third kappa shape index (κ3) is 7.58. The minimum atomic E-state index is -5.28. The van der Waals surface area contributed by atoms with Gasteiger partial charge in [-0.1, -0.05) is 30.7 Å².